The van der Waals surface area contributed by atoms with Gasteiger partial charge in [-0.15, -0.1) is 0 Å². The topological polar surface area (TPSA) is 73.7 Å². The van der Waals surface area contributed by atoms with Crippen molar-refractivity contribution in [1.29, 1.82) is 0 Å². The van der Waals surface area contributed by atoms with E-state index in [1.165, 1.54) is 0 Å². The summed E-state index contributed by atoms with van der Waals surface area (Å²) in [5.41, 5.74) is 2.64. The number of carbonyl (C=O) groups excluding carboxylic acids is 2. The van der Waals surface area contributed by atoms with E-state index in [1.807, 2.05) is 25.1 Å². The monoisotopic (exact) mass is 425 g/mol. The fourth-order valence-electron chi connectivity index (χ4n) is 4.91. The standard InChI is InChI=1S/C24H31N3O4/c1-14-7-6-8-19(15(14)2)27(12-18-9-10-20-21(11-18)31-13-30-20)24(29)23(28)22-16(3)25-26(5)17(22)4/h9-11,14-15,19H,6-8,12-13H2,1-5H3. The van der Waals surface area contributed by atoms with Gasteiger partial charge in [0, 0.05) is 25.3 Å². The van der Waals surface area contributed by atoms with Gasteiger partial charge in [-0.05, 0) is 49.8 Å². The lowest BCUT2D eigenvalue weighted by Crippen LogP contribution is -2.49. The van der Waals surface area contributed by atoms with Crippen LogP contribution in [-0.2, 0) is 18.4 Å². The van der Waals surface area contributed by atoms with Gasteiger partial charge in [-0.1, -0.05) is 32.8 Å². The van der Waals surface area contributed by atoms with Gasteiger partial charge in [0.1, 0.15) is 0 Å². The number of hydrogen-bond donors (Lipinski definition) is 0. The van der Waals surface area contributed by atoms with Crippen molar-refractivity contribution >= 4 is 11.7 Å². The number of hydrogen-bond acceptors (Lipinski definition) is 5. The lowest BCUT2D eigenvalue weighted by Gasteiger charge is -2.41. The Labute approximate surface area is 183 Å². The number of fused-ring (bicyclic) bond motifs is 1. The van der Waals surface area contributed by atoms with E-state index in [9.17, 15) is 9.59 Å². The summed E-state index contributed by atoms with van der Waals surface area (Å²) in [5, 5.41) is 4.33. The zero-order valence-electron chi connectivity index (χ0n) is 19.0. The minimum atomic E-state index is -0.478. The Hall–Kier alpha value is -2.83. The predicted octanol–water partition coefficient (Wildman–Crippen LogP) is 3.80. The van der Waals surface area contributed by atoms with Crippen molar-refractivity contribution in [3.8, 4) is 11.5 Å². The molecule has 1 fully saturated rings. The molecule has 0 bridgehead atoms. The van der Waals surface area contributed by atoms with Crippen LogP contribution in [0.3, 0.4) is 0 Å². The van der Waals surface area contributed by atoms with E-state index in [1.54, 1.807) is 23.6 Å². The van der Waals surface area contributed by atoms with Gasteiger partial charge in [-0.2, -0.15) is 5.10 Å². The van der Waals surface area contributed by atoms with Crippen LogP contribution in [-0.4, -0.2) is 39.2 Å². The smallest absolute Gasteiger partial charge is 0.295 e. The van der Waals surface area contributed by atoms with Crippen molar-refractivity contribution in [3.05, 3.63) is 40.7 Å². The molecule has 0 radical (unpaired) electrons. The van der Waals surface area contributed by atoms with Gasteiger partial charge < -0.3 is 14.4 Å². The van der Waals surface area contributed by atoms with Crippen LogP contribution in [0.15, 0.2) is 18.2 Å². The van der Waals surface area contributed by atoms with Gasteiger partial charge in [0.15, 0.2) is 11.5 Å². The fourth-order valence-corrected chi connectivity index (χ4v) is 4.91. The van der Waals surface area contributed by atoms with Crippen LogP contribution in [0.2, 0.25) is 0 Å². The first-order chi connectivity index (χ1) is 14.8. The van der Waals surface area contributed by atoms with E-state index in [-0.39, 0.29) is 12.8 Å². The van der Waals surface area contributed by atoms with Crippen molar-refractivity contribution in [2.75, 3.05) is 6.79 Å². The third-order valence-corrected chi connectivity index (χ3v) is 7.05. The highest BCUT2D eigenvalue weighted by Gasteiger charge is 2.38. The molecule has 7 heteroatoms. The van der Waals surface area contributed by atoms with Crippen LogP contribution in [0.1, 0.15) is 60.4 Å². The van der Waals surface area contributed by atoms with Crippen molar-refractivity contribution in [2.24, 2.45) is 18.9 Å². The Kier molecular flexibility index (Phi) is 5.77. The number of aryl methyl sites for hydroxylation is 2. The number of aromatic nitrogens is 2. The molecule has 31 heavy (non-hydrogen) atoms. The SMILES string of the molecule is Cc1nn(C)c(C)c1C(=O)C(=O)N(Cc1ccc2c(c1)OCO2)C1CCCC(C)C1C. The largest absolute Gasteiger partial charge is 0.454 e. The van der Waals surface area contributed by atoms with Crippen molar-refractivity contribution < 1.29 is 19.1 Å². The summed E-state index contributed by atoms with van der Waals surface area (Å²) in [6.45, 7) is 8.60. The average Bonchev–Trinajstić information content (AvgIpc) is 3.31. The second kappa shape index (κ2) is 8.36. The third-order valence-electron chi connectivity index (χ3n) is 7.05. The maximum Gasteiger partial charge on any atom is 0.295 e. The number of amides is 1. The van der Waals surface area contributed by atoms with Crippen molar-refractivity contribution in [1.82, 2.24) is 14.7 Å². The van der Waals surface area contributed by atoms with Crippen molar-refractivity contribution in [2.45, 2.75) is 59.5 Å². The molecule has 3 unspecified atom stereocenters. The lowest BCUT2D eigenvalue weighted by molar-refractivity contribution is -0.131. The first-order valence-corrected chi connectivity index (χ1v) is 11.0. The molecule has 0 saturated heterocycles. The van der Waals surface area contributed by atoms with Crippen LogP contribution in [0.25, 0.3) is 0 Å². The average molecular weight is 426 g/mol. The maximum absolute atomic E-state index is 13.6. The summed E-state index contributed by atoms with van der Waals surface area (Å²) >= 11 is 0. The summed E-state index contributed by atoms with van der Waals surface area (Å²) in [4.78, 5) is 28.8. The second-order valence-electron chi connectivity index (χ2n) is 8.95. The van der Waals surface area contributed by atoms with E-state index in [2.05, 4.69) is 18.9 Å². The molecule has 2 aromatic rings. The Morgan fingerprint density at radius 1 is 1.16 bits per heavy atom. The molecule has 1 aromatic heterocycles. The van der Waals surface area contributed by atoms with Gasteiger partial charge >= 0.3 is 0 Å². The normalized spacial score (nSPS) is 22.4. The van der Waals surface area contributed by atoms with Gasteiger partial charge in [0.2, 0.25) is 6.79 Å². The number of nitrogens with zero attached hydrogens (tertiary/aromatic N) is 3. The van der Waals surface area contributed by atoms with E-state index in [4.69, 9.17) is 9.47 Å². The highest BCUT2D eigenvalue weighted by molar-refractivity contribution is 6.43. The molecule has 1 amide bonds. The molecule has 1 aliphatic carbocycles. The highest BCUT2D eigenvalue weighted by Crippen LogP contribution is 2.36. The van der Waals surface area contributed by atoms with Crippen molar-refractivity contribution in [3.63, 3.8) is 0 Å². The number of ether oxygens (including phenoxy) is 2. The van der Waals surface area contributed by atoms with Gasteiger partial charge in [-0.3, -0.25) is 14.3 Å². The predicted molar refractivity (Wildman–Crippen MR) is 116 cm³/mol. The molecule has 7 nitrogen and oxygen atoms in total. The molecule has 2 aliphatic rings. The summed E-state index contributed by atoms with van der Waals surface area (Å²) in [6, 6.07) is 5.73. The summed E-state index contributed by atoms with van der Waals surface area (Å²) in [7, 11) is 1.79. The molecule has 1 saturated carbocycles. The molecular formula is C24H31N3O4. The first kappa shape index (κ1) is 21.4. The number of ketones is 1. The zero-order valence-corrected chi connectivity index (χ0v) is 19.0. The minimum absolute atomic E-state index is 0.0166. The molecular weight excluding hydrogens is 394 g/mol. The number of benzene rings is 1. The summed E-state index contributed by atoms with van der Waals surface area (Å²) < 4.78 is 12.6. The lowest BCUT2D eigenvalue weighted by atomic mass is 9.77. The Bertz CT molecular complexity index is 1010. The molecule has 0 N–H and O–H groups in total. The zero-order chi connectivity index (χ0) is 22.3. The van der Waals surface area contributed by atoms with E-state index < -0.39 is 11.7 Å². The number of Topliss-reactive ketones (excluding diaryl/α,β-unsaturated/α-hetero) is 1. The van der Waals surface area contributed by atoms with E-state index >= 15 is 0 Å². The molecule has 3 atom stereocenters. The van der Waals surface area contributed by atoms with Crippen LogP contribution >= 0.6 is 0 Å². The fraction of sp³-hybridized carbons (Fsp3) is 0.542. The molecule has 2 heterocycles. The van der Waals surface area contributed by atoms with E-state index in [0.717, 1.165) is 24.8 Å². The quantitative estimate of drug-likeness (QED) is 0.538. The number of rotatable bonds is 5. The molecule has 0 spiro atoms. The van der Waals surface area contributed by atoms with Crippen LogP contribution in [0.4, 0.5) is 0 Å². The maximum atomic E-state index is 13.6. The molecule has 1 aromatic carbocycles. The summed E-state index contributed by atoms with van der Waals surface area (Å²) in [6.07, 6.45) is 3.11. The highest BCUT2D eigenvalue weighted by atomic mass is 16.7. The third kappa shape index (κ3) is 3.93. The minimum Gasteiger partial charge on any atom is -0.454 e. The number of carbonyl (C=O) groups is 2. The van der Waals surface area contributed by atoms with Gasteiger partial charge in [0.05, 0.1) is 11.3 Å². The molecule has 1 aliphatic heterocycles. The van der Waals surface area contributed by atoms with Crippen LogP contribution < -0.4 is 9.47 Å². The second-order valence-corrected chi connectivity index (χ2v) is 8.95. The van der Waals surface area contributed by atoms with Crippen LogP contribution in [0, 0.1) is 25.7 Å². The molecule has 4 rings (SSSR count). The van der Waals surface area contributed by atoms with Gasteiger partial charge in [-0.25, -0.2) is 0 Å². The Morgan fingerprint density at radius 2 is 1.90 bits per heavy atom. The van der Waals surface area contributed by atoms with Crippen LogP contribution in [0.5, 0.6) is 11.5 Å². The van der Waals surface area contributed by atoms with E-state index in [0.29, 0.717) is 46.8 Å². The van der Waals surface area contributed by atoms with Gasteiger partial charge in [0.25, 0.3) is 11.7 Å². The Balaban J connectivity index is 1.67. The summed E-state index contributed by atoms with van der Waals surface area (Å²) in [5.74, 6) is 1.27. The first-order valence-electron chi connectivity index (χ1n) is 11.0. The molecule has 166 valence electrons. The Morgan fingerprint density at radius 3 is 2.61 bits per heavy atom.